The van der Waals surface area contributed by atoms with Crippen LogP contribution in [0.2, 0.25) is 0 Å². The van der Waals surface area contributed by atoms with Crippen LogP contribution in [0.4, 0.5) is 5.69 Å². The number of hydrogen-bond acceptors (Lipinski definition) is 3. The van der Waals surface area contributed by atoms with Crippen molar-refractivity contribution in [1.82, 2.24) is 10.2 Å². The summed E-state index contributed by atoms with van der Waals surface area (Å²) in [7, 11) is 4.23. The van der Waals surface area contributed by atoms with E-state index in [0.29, 0.717) is 0 Å². The predicted octanol–water partition coefficient (Wildman–Crippen LogP) is 1.86. The van der Waals surface area contributed by atoms with Crippen LogP contribution in [-0.4, -0.2) is 45.2 Å². The van der Waals surface area contributed by atoms with Crippen molar-refractivity contribution in [3.8, 4) is 0 Å². The molecule has 3 nitrogen and oxygen atoms in total. The lowest BCUT2D eigenvalue weighted by molar-refractivity contribution is 0.360. The Bertz CT molecular complexity index is 389. The Balaban J connectivity index is 2.20. The van der Waals surface area contributed by atoms with Crippen molar-refractivity contribution < 1.29 is 0 Å². The van der Waals surface area contributed by atoms with E-state index in [1.54, 1.807) is 0 Å². The normalized spacial score (nSPS) is 17.8. The molecule has 1 aliphatic rings. The van der Waals surface area contributed by atoms with Crippen LogP contribution in [0.5, 0.6) is 0 Å². The summed E-state index contributed by atoms with van der Waals surface area (Å²) in [6.45, 7) is 7.79. The Kier molecular flexibility index (Phi) is 4.61. The molecule has 1 aliphatic heterocycles. The molecular formula is C15H25N3. The minimum absolute atomic E-state index is 0.948. The van der Waals surface area contributed by atoms with Gasteiger partial charge in [-0.15, -0.1) is 0 Å². The van der Waals surface area contributed by atoms with Crippen molar-refractivity contribution in [3.05, 3.63) is 29.3 Å². The molecular weight excluding hydrogens is 222 g/mol. The lowest BCUT2D eigenvalue weighted by Gasteiger charge is -2.26. The minimum Gasteiger partial charge on any atom is -0.370 e. The first kappa shape index (κ1) is 13.4. The van der Waals surface area contributed by atoms with Gasteiger partial charge in [-0.05, 0) is 45.6 Å². The van der Waals surface area contributed by atoms with E-state index in [4.69, 9.17) is 0 Å². The number of aryl methyl sites for hydroxylation is 1. The second-order valence-corrected chi connectivity index (χ2v) is 5.31. The third kappa shape index (κ3) is 3.24. The molecule has 0 atom stereocenters. The van der Waals surface area contributed by atoms with E-state index < -0.39 is 0 Å². The van der Waals surface area contributed by atoms with Crippen LogP contribution in [0.3, 0.4) is 0 Å². The monoisotopic (exact) mass is 247 g/mol. The lowest BCUT2D eigenvalue weighted by Crippen LogP contribution is -2.29. The molecule has 0 radical (unpaired) electrons. The standard InChI is InChI=1S/C15H25N3/c1-13-5-6-15(14(11-13)12-16-2)18-8-4-7-17(3)9-10-18/h5-6,11,16H,4,7-10,12H2,1-3H3. The Hall–Kier alpha value is -1.06. The molecule has 1 heterocycles. The smallest absolute Gasteiger partial charge is 0.0412 e. The van der Waals surface area contributed by atoms with Gasteiger partial charge >= 0.3 is 0 Å². The van der Waals surface area contributed by atoms with Crippen LogP contribution < -0.4 is 10.2 Å². The molecule has 0 bridgehead atoms. The molecule has 0 amide bonds. The maximum atomic E-state index is 3.28. The largest absolute Gasteiger partial charge is 0.370 e. The molecule has 2 rings (SSSR count). The molecule has 0 saturated carbocycles. The van der Waals surface area contributed by atoms with Gasteiger partial charge in [-0.2, -0.15) is 0 Å². The molecule has 1 fully saturated rings. The Morgan fingerprint density at radius 1 is 1.17 bits per heavy atom. The summed E-state index contributed by atoms with van der Waals surface area (Å²) in [5, 5.41) is 3.28. The van der Waals surface area contributed by atoms with Gasteiger partial charge in [0, 0.05) is 31.9 Å². The minimum atomic E-state index is 0.948. The molecule has 3 heteroatoms. The molecule has 1 aromatic carbocycles. The molecule has 0 spiro atoms. The number of nitrogens with one attached hydrogen (secondary N) is 1. The van der Waals surface area contributed by atoms with Gasteiger partial charge in [0.1, 0.15) is 0 Å². The summed E-state index contributed by atoms with van der Waals surface area (Å²) in [4.78, 5) is 4.96. The zero-order valence-electron chi connectivity index (χ0n) is 11.9. The quantitative estimate of drug-likeness (QED) is 0.879. The maximum Gasteiger partial charge on any atom is 0.0412 e. The van der Waals surface area contributed by atoms with E-state index in [1.165, 1.54) is 36.3 Å². The van der Waals surface area contributed by atoms with Gasteiger partial charge in [0.25, 0.3) is 0 Å². The van der Waals surface area contributed by atoms with Crippen molar-refractivity contribution in [2.45, 2.75) is 19.9 Å². The summed E-state index contributed by atoms with van der Waals surface area (Å²) in [5.41, 5.74) is 4.17. The van der Waals surface area contributed by atoms with E-state index in [1.807, 2.05) is 7.05 Å². The zero-order chi connectivity index (χ0) is 13.0. The van der Waals surface area contributed by atoms with Crippen molar-refractivity contribution in [2.24, 2.45) is 0 Å². The van der Waals surface area contributed by atoms with Crippen molar-refractivity contribution >= 4 is 5.69 Å². The molecule has 1 N–H and O–H groups in total. The first-order valence-electron chi connectivity index (χ1n) is 6.88. The average molecular weight is 247 g/mol. The summed E-state index contributed by atoms with van der Waals surface area (Å²) in [6.07, 6.45) is 1.25. The zero-order valence-corrected chi connectivity index (χ0v) is 11.9. The number of hydrogen-bond donors (Lipinski definition) is 1. The van der Waals surface area contributed by atoms with Crippen LogP contribution in [-0.2, 0) is 6.54 Å². The fourth-order valence-corrected chi connectivity index (χ4v) is 2.64. The first-order chi connectivity index (χ1) is 8.70. The number of nitrogens with zero attached hydrogens (tertiary/aromatic N) is 2. The van der Waals surface area contributed by atoms with Gasteiger partial charge in [-0.25, -0.2) is 0 Å². The van der Waals surface area contributed by atoms with Crippen LogP contribution in [0.25, 0.3) is 0 Å². The van der Waals surface area contributed by atoms with Crippen LogP contribution >= 0.6 is 0 Å². The molecule has 100 valence electrons. The Morgan fingerprint density at radius 2 is 2.00 bits per heavy atom. The van der Waals surface area contributed by atoms with Crippen molar-refractivity contribution in [1.29, 1.82) is 0 Å². The third-order valence-corrected chi connectivity index (χ3v) is 3.66. The maximum absolute atomic E-state index is 3.28. The number of likely N-dealkylation sites (N-methyl/N-ethyl adjacent to an activating group) is 1. The van der Waals surface area contributed by atoms with Crippen LogP contribution in [0.15, 0.2) is 18.2 Å². The third-order valence-electron chi connectivity index (χ3n) is 3.66. The van der Waals surface area contributed by atoms with Gasteiger partial charge in [-0.3, -0.25) is 0 Å². The van der Waals surface area contributed by atoms with Gasteiger partial charge < -0.3 is 15.1 Å². The highest BCUT2D eigenvalue weighted by molar-refractivity contribution is 5.55. The van der Waals surface area contributed by atoms with Crippen LogP contribution in [0, 0.1) is 6.92 Å². The molecule has 1 saturated heterocycles. The molecule has 1 aromatic rings. The van der Waals surface area contributed by atoms with Gasteiger partial charge in [-0.1, -0.05) is 17.7 Å². The van der Waals surface area contributed by atoms with Crippen molar-refractivity contribution in [2.75, 3.05) is 45.2 Å². The summed E-state index contributed by atoms with van der Waals surface area (Å²) < 4.78 is 0. The number of benzene rings is 1. The lowest BCUT2D eigenvalue weighted by atomic mass is 10.1. The molecule has 0 aromatic heterocycles. The predicted molar refractivity (Wildman–Crippen MR) is 78.3 cm³/mol. The summed E-state index contributed by atoms with van der Waals surface area (Å²) in [6, 6.07) is 6.82. The topological polar surface area (TPSA) is 18.5 Å². The number of rotatable bonds is 3. The van der Waals surface area contributed by atoms with E-state index >= 15 is 0 Å². The second kappa shape index (κ2) is 6.21. The van der Waals surface area contributed by atoms with E-state index in [2.05, 4.69) is 47.3 Å². The van der Waals surface area contributed by atoms with E-state index in [9.17, 15) is 0 Å². The summed E-state index contributed by atoms with van der Waals surface area (Å²) >= 11 is 0. The highest BCUT2D eigenvalue weighted by atomic mass is 15.2. The van der Waals surface area contributed by atoms with E-state index in [-0.39, 0.29) is 0 Å². The van der Waals surface area contributed by atoms with Gasteiger partial charge in [0.15, 0.2) is 0 Å². The van der Waals surface area contributed by atoms with Gasteiger partial charge in [0.2, 0.25) is 0 Å². The highest BCUT2D eigenvalue weighted by Gasteiger charge is 2.15. The molecule has 18 heavy (non-hydrogen) atoms. The molecule has 0 aliphatic carbocycles. The fraction of sp³-hybridized carbons (Fsp3) is 0.600. The van der Waals surface area contributed by atoms with Crippen LogP contribution in [0.1, 0.15) is 17.5 Å². The molecule has 0 unspecified atom stereocenters. The first-order valence-corrected chi connectivity index (χ1v) is 6.88. The average Bonchev–Trinajstić information content (AvgIpc) is 2.55. The summed E-state index contributed by atoms with van der Waals surface area (Å²) in [5.74, 6) is 0. The van der Waals surface area contributed by atoms with Gasteiger partial charge in [0.05, 0.1) is 0 Å². The SMILES string of the molecule is CNCc1cc(C)ccc1N1CCCN(C)CC1. The fourth-order valence-electron chi connectivity index (χ4n) is 2.64. The second-order valence-electron chi connectivity index (χ2n) is 5.31. The Morgan fingerprint density at radius 3 is 2.78 bits per heavy atom. The Labute approximate surface area is 111 Å². The number of anilines is 1. The highest BCUT2D eigenvalue weighted by Crippen LogP contribution is 2.23. The van der Waals surface area contributed by atoms with E-state index in [0.717, 1.165) is 19.6 Å². The van der Waals surface area contributed by atoms with Crippen molar-refractivity contribution in [3.63, 3.8) is 0 Å².